The molecule has 1 aliphatic carbocycles. The number of aryl methyl sites for hydroxylation is 2. The van der Waals surface area contributed by atoms with Crippen molar-refractivity contribution in [2.45, 2.75) is 46.5 Å². The number of Topliss-reactive ketones (excluding diaryl/α,β-unsaturated/α-hetero) is 1. The smallest absolute Gasteiger partial charge is 0.225 e. The lowest BCUT2D eigenvalue weighted by atomic mass is 9.87. The summed E-state index contributed by atoms with van der Waals surface area (Å²) >= 11 is 0. The van der Waals surface area contributed by atoms with Crippen LogP contribution in [0.25, 0.3) is 5.82 Å². The molecule has 1 aliphatic heterocycles. The third-order valence-electron chi connectivity index (χ3n) is 6.12. The number of piperazine rings is 1. The van der Waals surface area contributed by atoms with E-state index in [1.165, 1.54) is 0 Å². The molecule has 2 aliphatic rings. The highest BCUT2D eigenvalue weighted by atomic mass is 16.2. The topological polar surface area (TPSA) is 84.2 Å². The number of hydrogen-bond acceptors (Lipinski definition) is 6. The predicted octanol–water partition coefficient (Wildman–Crippen LogP) is 2.00. The molecule has 0 atom stereocenters. The van der Waals surface area contributed by atoms with E-state index in [9.17, 15) is 9.59 Å². The van der Waals surface area contributed by atoms with Crippen molar-refractivity contribution < 1.29 is 9.59 Å². The van der Waals surface area contributed by atoms with Gasteiger partial charge in [0.2, 0.25) is 5.91 Å². The molecule has 2 aromatic heterocycles. The predicted molar refractivity (Wildman–Crippen MR) is 109 cm³/mol. The standard InChI is InChI=1S/C21H28N6O2/c1-14-15(2)27(13-22-14)20-12-19(23-16(3)24-20)25-8-10-26(11-9-25)21(29)17-4-6-18(28)7-5-17/h12-13,17H,4-11H2,1-3H3. The Labute approximate surface area is 171 Å². The molecular formula is C21H28N6O2. The number of carbonyl (C=O) groups is 2. The Bertz CT molecular complexity index is 919. The quantitative estimate of drug-likeness (QED) is 0.789. The minimum absolute atomic E-state index is 0.0135. The zero-order chi connectivity index (χ0) is 20.5. The first kappa shape index (κ1) is 19.5. The van der Waals surface area contributed by atoms with Gasteiger partial charge in [-0.25, -0.2) is 15.0 Å². The van der Waals surface area contributed by atoms with E-state index in [0.29, 0.717) is 44.6 Å². The summed E-state index contributed by atoms with van der Waals surface area (Å²) in [7, 11) is 0. The minimum atomic E-state index is 0.0135. The number of carbonyl (C=O) groups excluding carboxylic acids is 2. The Morgan fingerprint density at radius 2 is 1.66 bits per heavy atom. The highest BCUT2D eigenvalue weighted by molar-refractivity contribution is 5.84. The number of ketones is 1. The van der Waals surface area contributed by atoms with E-state index in [1.807, 2.05) is 36.3 Å². The normalized spacial score (nSPS) is 18.4. The largest absolute Gasteiger partial charge is 0.353 e. The SMILES string of the molecule is Cc1nc(N2CCN(C(=O)C3CCC(=O)CC3)CC2)cc(-n2cnc(C)c2C)n1. The molecule has 0 bridgehead atoms. The Balaban J connectivity index is 1.44. The summed E-state index contributed by atoms with van der Waals surface area (Å²) in [5.41, 5.74) is 2.05. The van der Waals surface area contributed by atoms with Crippen LogP contribution in [0.3, 0.4) is 0 Å². The van der Waals surface area contributed by atoms with E-state index in [2.05, 4.69) is 19.9 Å². The van der Waals surface area contributed by atoms with Crippen LogP contribution in [0.1, 0.15) is 42.9 Å². The summed E-state index contributed by atoms with van der Waals surface area (Å²) in [5, 5.41) is 0. The Morgan fingerprint density at radius 1 is 1.00 bits per heavy atom. The fourth-order valence-electron chi connectivity index (χ4n) is 4.15. The monoisotopic (exact) mass is 396 g/mol. The van der Waals surface area contributed by atoms with E-state index in [0.717, 1.165) is 36.1 Å². The van der Waals surface area contributed by atoms with Crippen molar-refractivity contribution in [2.24, 2.45) is 5.92 Å². The van der Waals surface area contributed by atoms with Gasteiger partial charge < -0.3 is 9.80 Å². The molecule has 0 radical (unpaired) electrons. The van der Waals surface area contributed by atoms with Crippen molar-refractivity contribution in [3.63, 3.8) is 0 Å². The summed E-state index contributed by atoms with van der Waals surface area (Å²) < 4.78 is 1.98. The average molecular weight is 396 g/mol. The lowest BCUT2D eigenvalue weighted by Crippen LogP contribution is -2.51. The maximum absolute atomic E-state index is 12.8. The van der Waals surface area contributed by atoms with E-state index in [1.54, 1.807) is 6.33 Å². The number of rotatable bonds is 3. The summed E-state index contributed by atoms with van der Waals surface area (Å²) in [4.78, 5) is 42.0. The lowest BCUT2D eigenvalue weighted by Gasteiger charge is -2.37. The third-order valence-corrected chi connectivity index (χ3v) is 6.12. The summed E-state index contributed by atoms with van der Waals surface area (Å²) in [6.07, 6.45) is 4.30. The molecule has 1 amide bonds. The molecule has 3 heterocycles. The second kappa shape index (κ2) is 7.93. The Hall–Kier alpha value is -2.77. The zero-order valence-corrected chi connectivity index (χ0v) is 17.4. The van der Waals surface area contributed by atoms with E-state index < -0.39 is 0 Å². The van der Waals surface area contributed by atoms with Gasteiger partial charge in [0.05, 0.1) is 5.69 Å². The molecule has 0 unspecified atom stereocenters. The summed E-state index contributed by atoms with van der Waals surface area (Å²) in [6.45, 7) is 8.78. The molecule has 8 heteroatoms. The fourth-order valence-corrected chi connectivity index (χ4v) is 4.15. The molecule has 4 rings (SSSR count). The van der Waals surface area contributed by atoms with Crippen LogP contribution in [0.15, 0.2) is 12.4 Å². The van der Waals surface area contributed by atoms with Crippen LogP contribution in [-0.2, 0) is 9.59 Å². The average Bonchev–Trinajstić information content (AvgIpc) is 3.06. The van der Waals surface area contributed by atoms with Gasteiger partial charge in [-0.05, 0) is 33.6 Å². The van der Waals surface area contributed by atoms with Gasteiger partial charge in [0, 0.05) is 56.7 Å². The Morgan fingerprint density at radius 3 is 2.28 bits per heavy atom. The van der Waals surface area contributed by atoms with Crippen molar-refractivity contribution in [1.82, 2.24) is 24.4 Å². The summed E-state index contributed by atoms with van der Waals surface area (Å²) in [5.74, 6) is 2.93. The number of amides is 1. The van der Waals surface area contributed by atoms with Gasteiger partial charge in [0.1, 0.15) is 29.6 Å². The Kier molecular flexibility index (Phi) is 5.34. The van der Waals surface area contributed by atoms with Gasteiger partial charge in [-0.15, -0.1) is 0 Å². The fraction of sp³-hybridized carbons (Fsp3) is 0.571. The van der Waals surface area contributed by atoms with Crippen LogP contribution < -0.4 is 4.90 Å². The van der Waals surface area contributed by atoms with Gasteiger partial charge in [-0.3, -0.25) is 14.2 Å². The minimum Gasteiger partial charge on any atom is -0.353 e. The van der Waals surface area contributed by atoms with Crippen molar-refractivity contribution in [3.8, 4) is 5.82 Å². The van der Waals surface area contributed by atoms with Crippen molar-refractivity contribution >= 4 is 17.5 Å². The number of anilines is 1. The first-order valence-corrected chi connectivity index (χ1v) is 10.3. The van der Waals surface area contributed by atoms with Crippen LogP contribution in [0.2, 0.25) is 0 Å². The molecule has 1 saturated carbocycles. The highest BCUT2D eigenvalue weighted by Crippen LogP contribution is 2.25. The van der Waals surface area contributed by atoms with Crippen molar-refractivity contribution in [2.75, 3.05) is 31.1 Å². The van der Waals surface area contributed by atoms with Crippen LogP contribution in [0, 0.1) is 26.7 Å². The third kappa shape index (κ3) is 4.02. The lowest BCUT2D eigenvalue weighted by molar-refractivity contribution is -0.137. The first-order valence-electron chi connectivity index (χ1n) is 10.3. The second-order valence-electron chi connectivity index (χ2n) is 8.04. The van der Waals surface area contributed by atoms with Crippen LogP contribution >= 0.6 is 0 Å². The number of imidazole rings is 1. The first-order chi connectivity index (χ1) is 13.9. The number of nitrogens with zero attached hydrogens (tertiary/aromatic N) is 6. The van der Waals surface area contributed by atoms with Crippen LogP contribution in [-0.4, -0.2) is 62.3 Å². The maximum Gasteiger partial charge on any atom is 0.225 e. The van der Waals surface area contributed by atoms with Crippen LogP contribution in [0.5, 0.6) is 0 Å². The molecular weight excluding hydrogens is 368 g/mol. The molecule has 2 aromatic rings. The molecule has 8 nitrogen and oxygen atoms in total. The van der Waals surface area contributed by atoms with Crippen molar-refractivity contribution in [1.29, 1.82) is 0 Å². The molecule has 0 aromatic carbocycles. The molecule has 29 heavy (non-hydrogen) atoms. The molecule has 0 N–H and O–H groups in total. The van der Waals surface area contributed by atoms with E-state index in [4.69, 9.17) is 0 Å². The highest BCUT2D eigenvalue weighted by Gasteiger charge is 2.30. The molecule has 2 fully saturated rings. The number of aromatic nitrogens is 4. The van der Waals surface area contributed by atoms with Crippen LogP contribution in [0.4, 0.5) is 5.82 Å². The maximum atomic E-state index is 12.8. The van der Waals surface area contributed by atoms with E-state index in [-0.39, 0.29) is 17.6 Å². The molecule has 154 valence electrons. The van der Waals surface area contributed by atoms with Crippen molar-refractivity contribution in [3.05, 3.63) is 29.6 Å². The van der Waals surface area contributed by atoms with Gasteiger partial charge in [-0.2, -0.15) is 0 Å². The summed E-state index contributed by atoms with van der Waals surface area (Å²) in [6, 6.07) is 1.99. The van der Waals surface area contributed by atoms with Gasteiger partial charge in [0.15, 0.2) is 0 Å². The zero-order valence-electron chi connectivity index (χ0n) is 17.4. The van der Waals surface area contributed by atoms with Gasteiger partial charge >= 0.3 is 0 Å². The molecule has 1 saturated heterocycles. The molecule has 0 spiro atoms. The second-order valence-corrected chi connectivity index (χ2v) is 8.04. The van der Waals surface area contributed by atoms with Gasteiger partial charge in [-0.1, -0.05) is 0 Å². The number of hydrogen-bond donors (Lipinski definition) is 0. The van der Waals surface area contributed by atoms with Gasteiger partial charge in [0.25, 0.3) is 0 Å². The van der Waals surface area contributed by atoms with E-state index >= 15 is 0 Å².